The van der Waals surface area contributed by atoms with E-state index in [4.69, 9.17) is 11.6 Å². The third kappa shape index (κ3) is 5.98. The van der Waals surface area contributed by atoms with Crippen LogP contribution in [0.5, 0.6) is 0 Å². The Labute approximate surface area is 239 Å². The number of carbonyl (C=O) groups is 1. The Balaban J connectivity index is 1.36. The Morgan fingerprint density at radius 2 is 1.63 bits per heavy atom. The highest BCUT2D eigenvalue weighted by molar-refractivity contribution is 7.92. The number of carbonyl (C=O) groups excluding carboxylic acids is 1. The lowest BCUT2D eigenvalue weighted by atomic mass is 9.78. The van der Waals surface area contributed by atoms with Gasteiger partial charge in [-0.05, 0) is 60.5 Å². The molecule has 0 heterocycles. The van der Waals surface area contributed by atoms with Crippen LogP contribution in [0.4, 0.5) is 18.9 Å². The molecule has 2 aliphatic carbocycles. The van der Waals surface area contributed by atoms with Crippen molar-refractivity contribution in [3.63, 3.8) is 0 Å². The summed E-state index contributed by atoms with van der Waals surface area (Å²) in [7, 11) is -4.09. The Hall–Kier alpha value is -3.41. The Morgan fingerprint density at radius 1 is 1.02 bits per heavy atom. The van der Waals surface area contributed by atoms with Gasteiger partial charge < -0.3 is 10.4 Å². The maximum Gasteiger partial charge on any atom is 0.255 e. The summed E-state index contributed by atoms with van der Waals surface area (Å²) < 4.78 is 69.1. The van der Waals surface area contributed by atoms with Crippen molar-refractivity contribution in [1.82, 2.24) is 0 Å². The molecule has 2 aliphatic rings. The highest BCUT2D eigenvalue weighted by Gasteiger charge is 2.55. The molecule has 0 aliphatic heterocycles. The second kappa shape index (κ2) is 11.1. The standard InChI is InChI=1S/C29H26ClF3N2O5S/c30-22-9-8-18(28(36)34-21-11-23(31)26(33)24(32)12-21)10-25(22)41(39,40)27-19-6-7-20(27)14-29(37,13-19)16-35(38)15-17-4-2-1-3-5-17/h1-5,8-12,16,19-20,27,37H,6-7,13-15H2,(H-,34,36,38)/p+1/b35-16-/t19-,20?,27?,29?/m0/s1. The van der Waals surface area contributed by atoms with Crippen molar-refractivity contribution >= 4 is 39.2 Å². The van der Waals surface area contributed by atoms with Crippen molar-refractivity contribution in [3.05, 3.63) is 94.3 Å². The quantitative estimate of drug-likeness (QED) is 0.110. The summed E-state index contributed by atoms with van der Waals surface area (Å²) in [4.78, 5) is 12.5. The number of amides is 1. The predicted molar refractivity (Wildman–Crippen MR) is 145 cm³/mol. The van der Waals surface area contributed by atoms with E-state index in [-0.39, 0.29) is 40.6 Å². The van der Waals surface area contributed by atoms with Gasteiger partial charge >= 0.3 is 0 Å². The van der Waals surface area contributed by atoms with E-state index in [0.717, 1.165) is 16.4 Å². The van der Waals surface area contributed by atoms with Gasteiger partial charge in [0.15, 0.2) is 27.3 Å². The van der Waals surface area contributed by atoms with Gasteiger partial charge in [-0.25, -0.2) is 21.6 Å². The lowest BCUT2D eigenvalue weighted by Gasteiger charge is -2.37. The minimum absolute atomic E-state index is 0.100. The minimum Gasteiger partial charge on any atom is -0.379 e. The van der Waals surface area contributed by atoms with E-state index in [1.54, 1.807) is 0 Å². The molecule has 5 rings (SSSR count). The average molecular weight is 608 g/mol. The molecule has 4 atom stereocenters. The molecular weight excluding hydrogens is 581 g/mol. The largest absolute Gasteiger partial charge is 0.379 e. The number of hydrogen-bond acceptors (Lipinski definition) is 5. The maximum atomic E-state index is 13.9. The molecule has 3 N–H and O–H groups in total. The number of sulfone groups is 1. The van der Waals surface area contributed by atoms with Crippen LogP contribution in [0.15, 0.2) is 65.6 Å². The third-order valence-electron chi connectivity index (χ3n) is 7.75. The van der Waals surface area contributed by atoms with Crippen molar-refractivity contribution < 1.29 is 41.4 Å². The molecule has 7 nitrogen and oxygen atoms in total. The first-order valence-corrected chi connectivity index (χ1v) is 14.9. The number of fused-ring (bicyclic) bond motifs is 2. The van der Waals surface area contributed by atoms with Crippen molar-refractivity contribution in [2.75, 3.05) is 5.32 Å². The summed E-state index contributed by atoms with van der Waals surface area (Å²) in [6.07, 6.45) is 2.66. The van der Waals surface area contributed by atoms with Gasteiger partial charge in [-0.2, -0.15) is 0 Å². The zero-order chi connectivity index (χ0) is 29.5. The monoisotopic (exact) mass is 607 g/mol. The molecule has 41 heavy (non-hydrogen) atoms. The van der Waals surface area contributed by atoms with Gasteiger partial charge in [-0.1, -0.05) is 41.9 Å². The fourth-order valence-corrected chi connectivity index (χ4v) is 8.96. The maximum absolute atomic E-state index is 13.9. The van der Waals surface area contributed by atoms with Gasteiger partial charge in [0, 0.05) is 28.9 Å². The SMILES string of the molecule is O=C(Nc1cc(F)c(F)c(F)c1)c1ccc(Cl)c(S(=O)(=O)C2C3CC[C@H]2CC(O)(/C=[N+](\O)Cc2ccccc2)C3)c1. The Morgan fingerprint density at radius 3 is 2.24 bits per heavy atom. The van der Waals surface area contributed by atoms with Crippen molar-refractivity contribution in [2.45, 2.75) is 48.0 Å². The first-order valence-electron chi connectivity index (χ1n) is 12.9. The summed E-state index contributed by atoms with van der Waals surface area (Å²) in [6.45, 7) is 0.155. The van der Waals surface area contributed by atoms with Crippen LogP contribution in [-0.2, 0) is 16.4 Å². The fourth-order valence-electron chi connectivity index (χ4n) is 6.12. The van der Waals surface area contributed by atoms with Crippen LogP contribution in [0, 0.1) is 29.3 Å². The first-order chi connectivity index (χ1) is 19.4. The summed E-state index contributed by atoms with van der Waals surface area (Å²) in [5.41, 5.74) is -1.06. The average Bonchev–Trinajstić information content (AvgIpc) is 3.20. The van der Waals surface area contributed by atoms with Gasteiger partial charge in [0.05, 0.1) is 15.2 Å². The molecule has 12 heteroatoms. The van der Waals surface area contributed by atoms with E-state index >= 15 is 0 Å². The zero-order valence-electron chi connectivity index (χ0n) is 21.6. The van der Waals surface area contributed by atoms with Gasteiger partial charge in [-0.15, -0.1) is 0 Å². The highest BCUT2D eigenvalue weighted by atomic mass is 35.5. The van der Waals surface area contributed by atoms with Gasteiger partial charge in [0.25, 0.3) is 5.91 Å². The van der Waals surface area contributed by atoms with Crippen LogP contribution >= 0.6 is 11.6 Å². The number of anilines is 1. The number of aliphatic hydroxyl groups is 1. The highest BCUT2D eigenvalue weighted by Crippen LogP contribution is 2.51. The van der Waals surface area contributed by atoms with E-state index in [0.29, 0.717) is 25.0 Å². The number of hydrogen-bond donors (Lipinski definition) is 3. The van der Waals surface area contributed by atoms with Crippen molar-refractivity contribution in [1.29, 1.82) is 0 Å². The number of nitrogens with zero attached hydrogens (tertiary/aromatic N) is 1. The topological polar surface area (TPSA) is 107 Å². The summed E-state index contributed by atoms with van der Waals surface area (Å²) in [5, 5.41) is 23.0. The van der Waals surface area contributed by atoms with Crippen LogP contribution in [0.25, 0.3) is 0 Å². The molecule has 1 amide bonds. The van der Waals surface area contributed by atoms with Gasteiger partial charge in [0.2, 0.25) is 12.8 Å². The molecule has 3 aromatic carbocycles. The summed E-state index contributed by atoms with van der Waals surface area (Å²) >= 11 is 6.29. The summed E-state index contributed by atoms with van der Waals surface area (Å²) in [6, 6.07) is 14.0. The molecule has 3 aromatic rings. The number of halogens is 4. The van der Waals surface area contributed by atoms with E-state index in [1.807, 2.05) is 30.3 Å². The first kappa shape index (κ1) is 29.1. The van der Waals surface area contributed by atoms with Gasteiger partial charge in [0.1, 0.15) is 5.60 Å². The van der Waals surface area contributed by atoms with E-state index in [1.165, 1.54) is 18.3 Å². The van der Waals surface area contributed by atoms with Crippen molar-refractivity contribution in [3.8, 4) is 0 Å². The van der Waals surface area contributed by atoms with Crippen LogP contribution in [-0.4, -0.2) is 46.4 Å². The van der Waals surface area contributed by atoms with E-state index in [2.05, 4.69) is 5.32 Å². The van der Waals surface area contributed by atoms with Crippen LogP contribution in [0.2, 0.25) is 5.02 Å². The Kier molecular flexibility index (Phi) is 7.88. The smallest absolute Gasteiger partial charge is 0.255 e. The normalized spacial score (nSPS) is 24.3. The number of benzene rings is 3. The minimum atomic E-state index is -4.09. The molecule has 2 bridgehead atoms. The Bertz CT molecular complexity index is 1600. The van der Waals surface area contributed by atoms with E-state index in [9.17, 15) is 36.7 Å². The lowest BCUT2D eigenvalue weighted by Crippen LogP contribution is -2.48. The molecular formula is C29H27ClF3N2O5S+. The van der Waals surface area contributed by atoms with Crippen molar-refractivity contribution in [2.24, 2.45) is 11.8 Å². The molecule has 0 spiro atoms. The van der Waals surface area contributed by atoms with Crippen LogP contribution in [0.1, 0.15) is 41.6 Å². The molecule has 0 aromatic heterocycles. The zero-order valence-corrected chi connectivity index (χ0v) is 23.2. The molecule has 2 saturated carbocycles. The molecule has 216 valence electrons. The fraction of sp³-hybridized carbons (Fsp3) is 0.310. The third-order valence-corrected chi connectivity index (χ3v) is 10.6. The number of nitrogens with one attached hydrogen (secondary N) is 1. The molecule has 0 radical (unpaired) electrons. The second-order valence-electron chi connectivity index (χ2n) is 10.7. The van der Waals surface area contributed by atoms with Gasteiger partial charge in [-0.3, -0.25) is 10.0 Å². The molecule has 0 saturated heterocycles. The van der Waals surface area contributed by atoms with E-state index < -0.39 is 55.9 Å². The lowest BCUT2D eigenvalue weighted by molar-refractivity contribution is -0.785. The summed E-state index contributed by atoms with van der Waals surface area (Å²) in [5.74, 6) is -6.39. The van der Waals surface area contributed by atoms with Crippen LogP contribution < -0.4 is 5.32 Å². The molecule has 2 fully saturated rings. The molecule has 3 unspecified atom stereocenters. The number of rotatable bonds is 7. The number of hydroxylamine groups is 1. The second-order valence-corrected chi connectivity index (χ2v) is 13.2. The predicted octanol–water partition coefficient (Wildman–Crippen LogP) is 5.38. The van der Waals surface area contributed by atoms with Crippen LogP contribution in [0.3, 0.4) is 0 Å².